The van der Waals surface area contributed by atoms with Gasteiger partial charge in [-0.05, 0) is 23.8 Å². The molecule has 0 bridgehead atoms. The van der Waals surface area contributed by atoms with Gasteiger partial charge in [0.05, 0.1) is 5.56 Å². The maximum Gasteiger partial charge on any atom is 0.496 e. The number of carbonyl (C=O) groups excluding carboxylic acids is 1. The monoisotopic (exact) mass is 584 g/mol. The standard InChI is InChI=1S/C24H16F8O8/c1-2-19(33)36-13-22(27,28)39-24(31,32)40-23(29,30)38-21(25,26)12-35-16-9-8-15-10-17(14-6-4-3-5-7-14)20(34)37-18(15)11-16/h2-11H,1,12-13H2. The van der Waals surface area contributed by atoms with E-state index >= 15 is 0 Å². The van der Waals surface area contributed by atoms with E-state index in [1.54, 1.807) is 30.3 Å². The summed E-state index contributed by atoms with van der Waals surface area (Å²) in [5, 5.41) is 0.340. The Kier molecular flexibility index (Phi) is 8.86. The summed E-state index contributed by atoms with van der Waals surface area (Å²) in [7, 11) is 0. The van der Waals surface area contributed by atoms with E-state index in [4.69, 9.17) is 4.42 Å². The molecule has 0 aliphatic carbocycles. The van der Waals surface area contributed by atoms with Crippen molar-refractivity contribution < 1.29 is 68.0 Å². The molecule has 0 saturated heterocycles. The molecule has 0 radical (unpaired) electrons. The highest BCUT2D eigenvalue weighted by molar-refractivity contribution is 5.82. The van der Waals surface area contributed by atoms with Crippen LogP contribution in [-0.2, 0) is 23.7 Å². The Morgan fingerprint density at radius 2 is 1.43 bits per heavy atom. The fourth-order valence-corrected chi connectivity index (χ4v) is 2.97. The fraction of sp³-hybridized carbons (Fsp3) is 0.250. The average Bonchev–Trinajstić information content (AvgIpc) is 2.84. The van der Waals surface area contributed by atoms with E-state index in [0.717, 1.165) is 12.1 Å². The second-order valence-corrected chi connectivity index (χ2v) is 7.62. The number of fused-ring (bicyclic) bond motifs is 1. The van der Waals surface area contributed by atoms with E-state index in [2.05, 4.69) is 30.3 Å². The topological polar surface area (TPSA) is 93.4 Å². The summed E-state index contributed by atoms with van der Waals surface area (Å²) in [6, 6.07) is 13.2. The maximum atomic E-state index is 13.9. The first-order valence-corrected chi connectivity index (χ1v) is 10.7. The van der Waals surface area contributed by atoms with Crippen LogP contribution in [0.4, 0.5) is 35.1 Å². The van der Waals surface area contributed by atoms with Crippen LogP contribution in [0.3, 0.4) is 0 Å². The summed E-state index contributed by atoms with van der Waals surface area (Å²) in [4.78, 5) is 23.0. The zero-order valence-corrected chi connectivity index (χ0v) is 19.7. The fourth-order valence-electron chi connectivity index (χ4n) is 2.97. The van der Waals surface area contributed by atoms with E-state index in [-0.39, 0.29) is 11.1 Å². The van der Waals surface area contributed by atoms with E-state index in [0.29, 0.717) is 17.0 Å². The van der Waals surface area contributed by atoms with Crippen LogP contribution in [0.25, 0.3) is 22.1 Å². The van der Waals surface area contributed by atoms with Gasteiger partial charge in [0.25, 0.3) is 0 Å². The number of halogens is 8. The van der Waals surface area contributed by atoms with Gasteiger partial charge >= 0.3 is 36.4 Å². The average molecular weight is 584 g/mol. The quantitative estimate of drug-likeness (QED) is 0.0806. The Labute approximate surface area is 218 Å². The Morgan fingerprint density at radius 3 is 2.02 bits per heavy atom. The van der Waals surface area contributed by atoms with Crippen LogP contribution < -0.4 is 10.4 Å². The molecule has 0 amide bonds. The minimum absolute atomic E-state index is 0.128. The summed E-state index contributed by atoms with van der Waals surface area (Å²) in [6.45, 7) is -1.35. The highest BCUT2D eigenvalue weighted by Crippen LogP contribution is 2.37. The van der Waals surface area contributed by atoms with Gasteiger partial charge in [-0.25, -0.2) is 23.8 Å². The number of alkyl halides is 8. The second-order valence-electron chi connectivity index (χ2n) is 7.62. The van der Waals surface area contributed by atoms with Gasteiger partial charge in [-0.15, -0.1) is 17.6 Å². The Bertz CT molecular complexity index is 1410. The number of carbonyl (C=O) groups is 1. The van der Waals surface area contributed by atoms with Crippen LogP contribution >= 0.6 is 0 Å². The number of esters is 1. The molecule has 0 saturated carbocycles. The van der Waals surface area contributed by atoms with Gasteiger partial charge in [0.15, 0.2) is 13.2 Å². The molecular formula is C24H16F8O8. The summed E-state index contributed by atoms with van der Waals surface area (Å²) >= 11 is 0. The number of benzene rings is 2. The second kappa shape index (κ2) is 11.6. The van der Waals surface area contributed by atoms with E-state index in [9.17, 15) is 44.7 Å². The van der Waals surface area contributed by atoms with Gasteiger partial charge < -0.3 is 13.9 Å². The first kappa shape index (κ1) is 30.5. The summed E-state index contributed by atoms with van der Waals surface area (Å²) in [5.74, 6) is -1.93. The van der Waals surface area contributed by atoms with Gasteiger partial charge in [-0.3, -0.25) is 0 Å². The molecule has 8 nitrogen and oxygen atoms in total. The van der Waals surface area contributed by atoms with Gasteiger partial charge in [-0.2, -0.15) is 17.6 Å². The van der Waals surface area contributed by atoms with Gasteiger partial charge in [0.2, 0.25) is 0 Å². The lowest BCUT2D eigenvalue weighted by atomic mass is 10.1. The predicted molar refractivity (Wildman–Crippen MR) is 118 cm³/mol. The summed E-state index contributed by atoms with van der Waals surface area (Å²) < 4.78 is 130. The molecule has 0 fully saturated rings. The van der Waals surface area contributed by atoms with Crippen molar-refractivity contribution in [1.82, 2.24) is 0 Å². The lowest BCUT2D eigenvalue weighted by Gasteiger charge is -2.27. The Morgan fingerprint density at radius 1 is 0.825 bits per heavy atom. The van der Waals surface area contributed by atoms with E-state index in [1.807, 2.05) is 0 Å². The molecule has 0 N–H and O–H groups in total. The molecule has 0 atom stereocenters. The smallest absolute Gasteiger partial charge is 0.484 e. The van der Waals surface area contributed by atoms with Crippen LogP contribution in [0, 0.1) is 0 Å². The lowest BCUT2D eigenvalue weighted by molar-refractivity contribution is -0.574. The SMILES string of the molecule is C=CC(=O)OCC(F)(F)OC(F)(F)OC(F)(F)OC(F)(F)COc1ccc2cc(-c3ccccc3)c(=O)oc2c1. The third-order valence-electron chi connectivity index (χ3n) is 4.52. The summed E-state index contributed by atoms with van der Waals surface area (Å²) in [6.07, 6.45) is -21.5. The molecule has 216 valence electrons. The van der Waals surface area contributed by atoms with Crippen molar-refractivity contribution in [3.05, 3.63) is 77.7 Å². The van der Waals surface area contributed by atoms with Crippen molar-refractivity contribution in [2.75, 3.05) is 13.2 Å². The van der Waals surface area contributed by atoms with Crippen LogP contribution in [-0.4, -0.2) is 44.0 Å². The molecule has 3 aromatic rings. The van der Waals surface area contributed by atoms with Gasteiger partial charge in [-0.1, -0.05) is 36.9 Å². The largest absolute Gasteiger partial charge is 0.496 e. The zero-order valence-electron chi connectivity index (χ0n) is 19.7. The molecule has 0 unspecified atom stereocenters. The van der Waals surface area contributed by atoms with Crippen LogP contribution in [0.15, 0.2) is 76.5 Å². The Hall–Kier alpha value is -4.02. The minimum atomic E-state index is -5.90. The molecule has 16 heteroatoms. The van der Waals surface area contributed by atoms with Crippen molar-refractivity contribution in [1.29, 1.82) is 0 Å². The molecule has 2 aromatic carbocycles. The summed E-state index contributed by atoms with van der Waals surface area (Å²) in [5.41, 5.74) is -0.181. The molecule has 1 aromatic heterocycles. The third-order valence-corrected chi connectivity index (χ3v) is 4.52. The molecular weight excluding hydrogens is 568 g/mol. The molecule has 0 aliphatic rings. The van der Waals surface area contributed by atoms with Crippen LogP contribution in [0.5, 0.6) is 5.75 Å². The zero-order chi connectivity index (χ0) is 29.8. The number of rotatable bonds is 13. The number of hydrogen-bond donors (Lipinski definition) is 0. The molecule has 1 heterocycles. The highest BCUT2D eigenvalue weighted by Gasteiger charge is 2.57. The van der Waals surface area contributed by atoms with Crippen molar-refractivity contribution in [3.8, 4) is 16.9 Å². The Balaban J connectivity index is 1.63. The van der Waals surface area contributed by atoms with Crippen molar-refractivity contribution >= 4 is 16.9 Å². The predicted octanol–water partition coefficient (Wildman–Crippen LogP) is 5.90. The number of ether oxygens (including phenoxy) is 5. The molecule has 0 spiro atoms. The first-order chi connectivity index (χ1) is 18.5. The normalized spacial score (nSPS) is 12.8. The van der Waals surface area contributed by atoms with Crippen molar-refractivity contribution in [3.63, 3.8) is 0 Å². The van der Waals surface area contributed by atoms with Gasteiger partial charge in [0.1, 0.15) is 11.3 Å². The minimum Gasteiger partial charge on any atom is -0.484 e. The lowest BCUT2D eigenvalue weighted by Crippen LogP contribution is -2.46. The van der Waals surface area contributed by atoms with Crippen molar-refractivity contribution in [2.24, 2.45) is 0 Å². The van der Waals surface area contributed by atoms with E-state index in [1.165, 1.54) is 12.1 Å². The van der Waals surface area contributed by atoms with E-state index < -0.39 is 55.4 Å². The number of hydrogen-bond acceptors (Lipinski definition) is 8. The molecule has 0 aliphatic heterocycles. The maximum absolute atomic E-state index is 13.9. The van der Waals surface area contributed by atoms with Gasteiger partial charge in [0, 0.05) is 17.5 Å². The highest BCUT2D eigenvalue weighted by atomic mass is 19.3. The molecule has 3 rings (SSSR count). The first-order valence-electron chi connectivity index (χ1n) is 10.7. The third kappa shape index (κ3) is 8.75. The van der Waals surface area contributed by atoms with Crippen molar-refractivity contribution in [2.45, 2.75) is 24.8 Å². The molecule has 40 heavy (non-hydrogen) atoms. The van der Waals surface area contributed by atoms with Crippen LogP contribution in [0.1, 0.15) is 0 Å². The van der Waals surface area contributed by atoms with Crippen LogP contribution in [0.2, 0.25) is 0 Å².